The van der Waals surface area contributed by atoms with E-state index in [1.165, 1.54) is 30.4 Å². The minimum Gasteiger partial charge on any atom is -0.493 e. The molecule has 0 fully saturated rings. The Balaban J connectivity index is 1.62. The minimum atomic E-state index is 0.734. The van der Waals surface area contributed by atoms with Crippen molar-refractivity contribution in [3.8, 4) is 5.75 Å². The molecule has 1 N–H and O–H groups in total. The molecule has 0 bridgehead atoms. The quantitative estimate of drug-likeness (QED) is 0.716. The highest BCUT2D eigenvalue weighted by Crippen LogP contribution is 2.25. The lowest BCUT2D eigenvalue weighted by molar-refractivity contribution is 0.122. The average Bonchev–Trinajstić information content (AvgIpc) is 2.85. The van der Waals surface area contributed by atoms with Crippen LogP contribution in [0.4, 0.5) is 0 Å². The van der Waals surface area contributed by atoms with Crippen LogP contribution in [0.1, 0.15) is 24.0 Å². The number of aryl methyl sites for hydroxylation is 2. The highest BCUT2D eigenvalue weighted by molar-refractivity contribution is 5.38. The normalized spacial score (nSPS) is 13.6. The monoisotopic (exact) mass is 249 g/mol. The van der Waals surface area contributed by atoms with Crippen LogP contribution in [0.5, 0.6) is 5.75 Å². The maximum Gasteiger partial charge on any atom is 0.119 e. The predicted octanol–water partition coefficient (Wildman–Crippen LogP) is 2.18. The van der Waals surface area contributed by atoms with E-state index in [9.17, 15) is 0 Å². The van der Waals surface area contributed by atoms with Gasteiger partial charge in [0.15, 0.2) is 0 Å². The summed E-state index contributed by atoms with van der Waals surface area (Å²) >= 11 is 0. The van der Waals surface area contributed by atoms with Crippen LogP contribution < -0.4 is 10.1 Å². The first-order chi connectivity index (χ1) is 8.90. The third kappa shape index (κ3) is 4.00. The third-order valence-corrected chi connectivity index (χ3v) is 3.27. The fourth-order valence-electron chi connectivity index (χ4n) is 2.27. The highest BCUT2D eigenvalue weighted by Gasteiger charge is 2.10. The van der Waals surface area contributed by atoms with E-state index in [2.05, 4.69) is 23.5 Å². The molecule has 100 valence electrons. The van der Waals surface area contributed by atoms with Crippen LogP contribution in [0.2, 0.25) is 0 Å². The summed E-state index contributed by atoms with van der Waals surface area (Å²) in [5, 5.41) is 3.05. The molecular weight excluding hydrogens is 226 g/mol. The van der Waals surface area contributed by atoms with E-state index < -0.39 is 0 Å². The molecule has 3 nitrogen and oxygen atoms in total. The molecule has 1 aliphatic rings. The van der Waals surface area contributed by atoms with Gasteiger partial charge in [-0.3, -0.25) is 0 Å². The first-order valence-electron chi connectivity index (χ1n) is 6.87. The molecular formula is C15H23NO2. The largest absolute Gasteiger partial charge is 0.493 e. The van der Waals surface area contributed by atoms with Crippen molar-refractivity contribution in [2.75, 3.05) is 33.4 Å². The van der Waals surface area contributed by atoms with Gasteiger partial charge < -0.3 is 14.8 Å². The second kappa shape index (κ2) is 7.39. The number of benzene rings is 1. The van der Waals surface area contributed by atoms with E-state index in [-0.39, 0.29) is 0 Å². The molecule has 0 aliphatic heterocycles. The Hall–Kier alpha value is -1.06. The van der Waals surface area contributed by atoms with E-state index in [4.69, 9.17) is 9.47 Å². The van der Waals surface area contributed by atoms with Crippen LogP contribution in [0.15, 0.2) is 18.2 Å². The van der Waals surface area contributed by atoms with Gasteiger partial charge in [0, 0.05) is 19.6 Å². The van der Waals surface area contributed by atoms with Gasteiger partial charge in [-0.15, -0.1) is 0 Å². The van der Waals surface area contributed by atoms with Crippen LogP contribution in [-0.2, 0) is 17.6 Å². The lowest BCUT2D eigenvalue weighted by Gasteiger charge is -2.08. The minimum absolute atomic E-state index is 0.734. The lowest BCUT2D eigenvalue weighted by atomic mass is 10.1. The fraction of sp³-hybridized carbons (Fsp3) is 0.600. The Morgan fingerprint density at radius 1 is 1.11 bits per heavy atom. The fourth-order valence-corrected chi connectivity index (χ4v) is 2.27. The maximum atomic E-state index is 5.74. The van der Waals surface area contributed by atoms with Gasteiger partial charge >= 0.3 is 0 Å². The van der Waals surface area contributed by atoms with Gasteiger partial charge in [0.2, 0.25) is 0 Å². The topological polar surface area (TPSA) is 30.5 Å². The highest BCUT2D eigenvalue weighted by atomic mass is 16.5. The molecule has 0 spiro atoms. The molecule has 1 aromatic rings. The van der Waals surface area contributed by atoms with Crippen molar-refractivity contribution in [1.82, 2.24) is 5.32 Å². The van der Waals surface area contributed by atoms with Gasteiger partial charge in [-0.2, -0.15) is 0 Å². The number of likely N-dealkylation sites (N-methyl/N-ethyl adjacent to an activating group) is 1. The van der Waals surface area contributed by atoms with Gasteiger partial charge in [0.1, 0.15) is 5.75 Å². The van der Waals surface area contributed by atoms with E-state index >= 15 is 0 Å². The zero-order valence-electron chi connectivity index (χ0n) is 11.2. The van der Waals surface area contributed by atoms with Crippen molar-refractivity contribution < 1.29 is 9.47 Å². The van der Waals surface area contributed by atoms with Crippen LogP contribution in [0.25, 0.3) is 0 Å². The van der Waals surface area contributed by atoms with Gasteiger partial charge in [-0.1, -0.05) is 6.07 Å². The Morgan fingerprint density at radius 2 is 2.00 bits per heavy atom. The zero-order valence-corrected chi connectivity index (χ0v) is 11.2. The molecule has 0 saturated heterocycles. The standard InChI is InChI=1S/C15H23NO2/c1-16-8-11-17-9-3-10-18-15-7-6-13-4-2-5-14(13)12-15/h6-7,12,16H,2-5,8-11H2,1H3. The molecule has 0 saturated carbocycles. The van der Waals surface area contributed by atoms with Crippen molar-refractivity contribution in [2.24, 2.45) is 0 Å². The molecule has 0 amide bonds. The molecule has 0 radical (unpaired) electrons. The van der Waals surface area contributed by atoms with E-state index in [1.54, 1.807) is 0 Å². The number of rotatable bonds is 8. The number of fused-ring (bicyclic) bond motifs is 1. The second-order valence-electron chi connectivity index (χ2n) is 4.70. The molecule has 18 heavy (non-hydrogen) atoms. The molecule has 0 unspecified atom stereocenters. The van der Waals surface area contributed by atoms with Crippen LogP contribution in [-0.4, -0.2) is 33.4 Å². The third-order valence-electron chi connectivity index (χ3n) is 3.27. The summed E-state index contributed by atoms with van der Waals surface area (Å²) in [5.74, 6) is 1.01. The SMILES string of the molecule is CNCCOCCCOc1ccc2c(c1)CCC2. The Labute approximate surface area is 109 Å². The summed E-state index contributed by atoms with van der Waals surface area (Å²) in [7, 11) is 1.93. The first kappa shape index (κ1) is 13.4. The molecule has 0 aromatic heterocycles. The lowest BCUT2D eigenvalue weighted by Crippen LogP contribution is -2.15. The number of ether oxygens (including phenoxy) is 2. The van der Waals surface area contributed by atoms with Crippen molar-refractivity contribution in [3.05, 3.63) is 29.3 Å². The first-order valence-corrected chi connectivity index (χ1v) is 6.87. The molecule has 0 atom stereocenters. The Morgan fingerprint density at radius 3 is 2.89 bits per heavy atom. The summed E-state index contributed by atoms with van der Waals surface area (Å²) in [6, 6.07) is 6.50. The summed E-state index contributed by atoms with van der Waals surface area (Å²) < 4.78 is 11.2. The summed E-state index contributed by atoms with van der Waals surface area (Å²) in [6.07, 6.45) is 4.67. The van der Waals surface area contributed by atoms with Gasteiger partial charge in [-0.05, 0) is 49.6 Å². The van der Waals surface area contributed by atoms with Gasteiger partial charge in [-0.25, -0.2) is 0 Å². The smallest absolute Gasteiger partial charge is 0.119 e. The average molecular weight is 249 g/mol. The zero-order chi connectivity index (χ0) is 12.6. The summed E-state index contributed by atoms with van der Waals surface area (Å²) in [4.78, 5) is 0. The molecule has 1 aliphatic carbocycles. The van der Waals surface area contributed by atoms with Crippen LogP contribution in [0, 0.1) is 0 Å². The Kier molecular flexibility index (Phi) is 5.49. The molecule has 2 rings (SSSR count). The maximum absolute atomic E-state index is 5.74. The summed E-state index contributed by atoms with van der Waals surface area (Å²) in [6.45, 7) is 3.19. The van der Waals surface area contributed by atoms with Gasteiger partial charge in [0.05, 0.1) is 13.2 Å². The van der Waals surface area contributed by atoms with Gasteiger partial charge in [0.25, 0.3) is 0 Å². The van der Waals surface area contributed by atoms with E-state index in [0.717, 1.165) is 38.5 Å². The van der Waals surface area contributed by atoms with E-state index in [1.807, 2.05) is 7.05 Å². The van der Waals surface area contributed by atoms with Crippen molar-refractivity contribution in [2.45, 2.75) is 25.7 Å². The molecule has 1 aromatic carbocycles. The van der Waals surface area contributed by atoms with Crippen molar-refractivity contribution >= 4 is 0 Å². The molecule has 0 heterocycles. The van der Waals surface area contributed by atoms with Crippen LogP contribution >= 0.6 is 0 Å². The summed E-state index contributed by atoms with van der Waals surface area (Å²) in [5.41, 5.74) is 2.97. The number of nitrogens with one attached hydrogen (secondary N) is 1. The molecule has 3 heteroatoms. The van der Waals surface area contributed by atoms with Crippen LogP contribution in [0.3, 0.4) is 0 Å². The second-order valence-corrected chi connectivity index (χ2v) is 4.70. The predicted molar refractivity (Wildman–Crippen MR) is 73.3 cm³/mol. The van der Waals surface area contributed by atoms with Crippen molar-refractivity contribution in [3.63, 3.8) is 0 Å². The Bertz CT molecular complexity index is 366. The van der Waals surface area contributed by atoms with E-state index in [0.29, 0.717) is 0 Å². The number of hydrogen-bond acceptors (Lipinski definition) is 3. The van der Waals surface area contributed by atoms with Crippen molar-refractivity contribution in [1.29, 1.82) is 0 Å². The number of hydrogen-bond donors (Lipinski definition) is 1.